The van der Waals surface area contributed by atoms with Crippen molar-refractivity contribution in [1.82, 2.24) is 0 Å². The molecule has 10 aromatic carbocycles. The molecule has 11 aromatic rings. The zero-order valence-corrected chi connectivity index (χ0v) is 32.0. The Kier molecular flexibility index (Phi) is 6.66. The second-order valence-corrected chi connectivity index (χ2v) is 17.1. The molecule has 0 fully saturated rings. The minimum Gasteiger partial charge on any atom is -0.134 e. The average Bonchev–Trinajstić information content (AvgIpc) is 3.72. The van der Waals surface area contributed by atoms with Crippen LogP contribution in [0, 0.1) is 0 Å². The lowest BCUT2D eigenvalue weighted by Crippen LogP contribution is -2.14. The van der Waals surface area contributed by atoms with Crippen molar-refractivity contribution in [2.45, 2.75) is 19.3 Å². The topological polar surface area (TPSA) is 0 Å². The predicted molar refractivity (Wildman–Crippen MR) is 243 cm³/mol. The Morgan fingerprint density at radius 2 is 0.911 bits per heavy atom. The molecule has 0 bridgehead atoms. The fourth-order valence-electron chi connectivity index (χ4n) is 9.89. The van der Waals surface area contributed by atoms with Crippen LogP contribution in [0.15, 0.2) is 182 Å². The summed E-state index contributed by atoms with van der Waals surface area (Å²) in [5.41, 5.74) is 13.2. The molecule has 0 amide bonds. The van der Waals surface area contributed by atoms with Gasteiger partial charge in [0.1, 0.15) is 0 Å². The van der Waals surface area contributed by atoms with Crippen molar-refractivity contribution in [3.63, 3.8) is 0 Å². The fourth-order valence-corrected chi connectivity index (χ4v) is 11.2. The molecule has 1 aliphatic carbocycles. The van der Waals surface area contributed by atoms with E-state index in [0.717, 1.165) is 0 Å². The summed E-state index contributed by atoms with van der Waals surface area (Å²) in [6.45, 7) is 4.74. The molecule has 0 saturated heterocycles. The van der Waals surface area contributed by atoms with Crippen molar-refractivity contribution >= 4 is 74.6 Å². The SMILES string of the molecule is CC1(C)c2ccccc2-c2c1ccc1c2sc2cc3cc(-c4cccc(-c5c6ccccc6c(-c6ccc7ccccc7c6)c6ccccc56)c4)ccc3cc21. The van der Waals surface area contributed by atoms with Gasteiger partial charge in [0.2, 0.25) is 0 Å². The molecule has 0 unspecified atom stereocenters. The molecule has 1 aliphatic rings. The Labute approximate surface area is 329 Å². The normalized spacial score (nSPS) is 13.3. The first-order valence-corrected chi connectivity index (χ1v) is 20.4. The van der Waals surface area contributed by atoms with Crippen molar-refractivity contribution in [2.24, 2.45) is 0 Å². The second kappa shape index (κ2) is 11.7. The lowest BCUT2D eigenvalue weighted by molar-refractivity contribution is 0.661. The zero-order valence-electron chi connectivity index (χ0n) is 31.2. The first kappa shape index (κ1) is 31.8. The van der Waals surface area contributed by atoms with Gasteiger partial charge in [0.05, 0.1) is 0 Å². The predicted octanol–water partition coefficient (Wildman–Crippen LogP) is 16.0. The Morgan fingerprint density at radius 1 is 0.339 bits per heavy atom. The third-order valence-electron chi connectivity index (χ3n) is 12.6. The van der Waals surface area contributed by atoms with Gasteiger partial charge in [-0.05, 0) is 123 Å². The molecule has 56 heavy (non-hydrogen) atoms. The highest BCUT2D eigenvalue weighted by Gasteiger charge is 2.36. The van der Waals surface area contributed by atoms with E-state index in [1.54, 1.807) is 0 Å². The largest absolute Gasteiger partial charge is 0.134 e. The van der Waals surface area contributed by atoms with Crippen molar-refractivity contribution in [3.05, 3.63) is 193 Å². The summed E-state index contributed by atoms with van der Waals surface area (Å²) in [5, 5.41) is 12.9. The van der Waals surface area contributed by atoms with E-state index in [1.807, 2.05) is 11.3 Å². The Bertz CT molecular complexity index is 3390. The van der Waals surface area contributed by atoms with E-state index >= 15 is 0 Å². The van der Waals surface area contributed by atoms with Crippen LogP contribution in [0.5, 0.6) is 0 Å². The monoisotopic (exact) mass is 728 g/mol. The smallest absolute Gasteiger partial charge is 0.0437 e. The molecule has 0 radical (unpaired) electrons. The van der Waals surface area contributed by atoms with Crippen LogP contribution in [-0.2, 0) is 5.41 Å². The van der Waals surface area contributed by atoms with E-state index in [2.05, 4.69) is 196 Å². The maximum absolute atomic E-state index is 2.42. The summed E-state index contributed by atoms with van der Waals surface area (Å²) in [5.74, 6) is 0. The van der Waals surface area contributed by atoms with E-state index in [-0.39, 0.29) is 5.41 Å². The summed E-state index contributed by atoms with van der Waals surface area (Å²) < 4.78 is 2.75. The van der Waals surface area contributed by atoms with Crippen LogP contribution in [0.2, 0.25) is 0 Å². The van der Waals surface area contributed by atoms with E-state index < -0.39 is 0 Å². The number of fused-ring (bicyclic) bond motifs is 11. The maximum Gasteiger partial charge on any atom is 0.0437 e. The molecule has 0 N–H and O–H groups in total. The van der Waals surface area contributed by atoms with Gasteiger partial charge < -0.3 is 0 Å². The molecule has 0 nitrogen and oxygen atoms in total. The minimum atomic E-state index is 0.00227. The Morgan fingerprint density at radius 3 is 1.68 bits per heavy atom. The first-order valence-electron chi connectivity index (χ1n) is 19.6. The summed E-state index contributed by atoms with van der Waals surface area (Å²) >= 11 is 1.95. The van der Waals surface area contributed by atoms with Crippen molar-refractivity contribution in [1.29, 1.82) is 0 Å². The summed E-state index contributed by atoms with van der Waals surface area (Å²) in [4.78, 5) is 0. The van der Waals surface area contributed by atoms with E-state index in [0.29, 0.717) is 0 Å². The van der Waals surface area contributed by atoms with E-state index in [1.165, 1.54) is 119 Å². The maximum atomic E-state index is 2.42. The third-order valence-corrected chi connectivity index (χ3v) is 13.8. The molecule has 1 heterocycles. The standard InChI is InChI=1S/C55H36S/c1-55(2)48-21-10-9-20-46(48)53-49(55)27-26-45-47-31-37-24-23-36(30-40(37)32-50(47)56-54(45)53)35-14-11-15-38(29-35)51-41-16-5-7-18-43(41)52(44-19-8-6-17-42(44)51)39-25-22-33-12-3-4-13-34(33)28-39/h3-32H,1-2H3. The van der Waals surface area contributed by atoms with Crippen LogP contribution >= 0.6 is 11.3 Å². The van der Waals surface area contributed by atoms with Crippen molar-refractivity contribution < 1.29 is 0 Å². The number of thiophene rings is 1. The Balaban J connectivity index is 1.01. The average molecular weight is 729 g/mol. The third kappa shape index (κ3) is 4.53. The molecule has 0 aliphatic heterocycles. The van der Waals surface area contributed by atoms with Crippen LogP contribution in [-0.4, -0.2) is 0 Å². The van der Waals surface area contributed by atoms with Gasteiger partial charge in [-0.3, -0.25) is 0 Å². The summed E-state index contributed by atoms with van der Waals surface area (Å²) in [7, 11) is 0. The summed E-state index contributed by atoms with van der Waals surface area (Å²) in [6.07, 6.45) is 0. The molecule has 262 valence electrons. The van der Waals surface area contributed by atoms with Gasteiger partial charge in [-0.25, -0.2) is 0 Å². The van der Waals surface area contributed by atoms with Gasteiger partial charge >= 0.3 is 0 Å². The fraction of sp³-hybridized carbons (Fsp3) is 0.0545. The summed E-state index contributed by atoms with van der Waals surface area (Å²) in [6, 6.07) is 68.2. The second-order valence-electron chi connectivity index (χ2n) is 16.0. The molecule has 0 atom stereocenters. The van der Waals surface area contributed by atoms with Gasteiger partial charge in [0, 0.05) is 31.2 Å². The Hall–Kier alpha value is -6.54. The molecular formula is C55H36S. The van der Waals surface area contributed by atoms with Crippen LogP contribution in [0.1, 0.15) is 25.0 Å². The molecular weight excluding hydrogens is 693 g/mol. The lowest BCUT2D eigenvalue weighted by atomic mass is 9.82. The van der Waals surface area contributed by atoms with Crippen molar-refractivity contribution in [2.75, 3.05) is 0 Å². The molecule has 1 aromatic heterocycles. The lowest BCUT2D eigenvalue weighted by Gasteiger charge is -2.21. The van der Waals surface area contributed by atoms with Crippen molar-refractivity contribution in [3.8, 4) is 44.5 Å². The highest BCUT2D eigenvalue weighted by Crippen LogP contribution is 2.54. The van der Waals surface area contributed by atoms with Crippen LogP contribution < -0.4 is 0 Å². The van der Waals surface area contributed by atoms with Crippen LogP contribution in [0.4, 0.5) is 0 Å². The minimum absolute atomic E-state index is 0.00227. The van der Waals surface area contributed by atoms with Gasteiger partial charge in [-0.2, -0.15) is 0 Å². The van der Waals surface area contributed by atoms with E-state index in [9.17, 15) is 0 Å². The highest BCUT2D eigenvalue weighted by molar-refractivity contribution is 7.26. The van der Waals surface area contributed by atoms with Gasteiger partial charge in [0.15, 0.2) is 0 Å². The van der Waals surface area contributed by atoms with Crippen LogP contribution in [0.25, 0.3) is 108 Å². The highest BCUT2D eigenvalue weighted by atomic mass is 32.1. The molecule has 0 saturated carbocycles. The molecule has 1 heteroatoms. The number of benzene rings is 10. The van der Waals surface area contributed by atoms with Gasteiger partial charge in [-0.1, -0.05) is 166 Å². The van der Waals surface area contributed by atoms with Crippen LogP contribution in [0.3, 0.4) is 0 Å². The molecule has 12 rings (SSSR count). The quantitative estimate of drug-likeness (QED) is 0.159. The van der Waals surface area contributed by atoms with E-state index in [4.69, 9.17) is 0 Å². The first-order chi connectivity index (χ1) is 27.5. The van der Waals surface area contributed by atoms with Gasteiger partial charge in [-0.15, -0.1) is 11.3 Å². The van der Waals surface area contributed by atoms with Gasteiger partial charge in [0.25, 0.3) is 0 Å². The zero-order chi connectivity index (χ0) is 37.1. The number of hydrogen-bond acceptors (Lipinski definition) is 1. The number of rotatable bonds is 3. The number of hydrogen-bond donors (Lipinski definition) is 0. The molecule has 0 spiro atoms.